The second-order valence-corrected chi connectivity index (χ2v) is 5.84. The molecule has 140 valence electrons. The molecule has 0 fully saturated rings. The van der Waals surface area contributed by atoms with Crippen molar-refractivity contribution < 1.29 is 19.1 Å². The molecule has 2 aromatic rings. The van der Waals surface area contributed by atoms with Gasteiger partial charge in [0.2, 0.25) is 5.91 Å². The van der Waals surface area contributed by atoms with Crippen LogP contribution in [0, 0.1) is 0 Å². The van der Waals surface area contributed by atoms with Gasteiger partial charge in [0.15, 0.2) is 0 Å². The summed E-state index contributed by atoms with van der Waals surface area (Å²) in [6, 6.07) is 11.9. The van der Waals surface area contributed by atoms with Gasteiger partial charge in [0.1, 0.15) is 5.75 Å². The highest BCUT2D eigenvalue weighted by Gasteiger charge is 2.14. The highest BCUT2D eigenvalue weighted by Crippen LogP contribution is 2.27. The predicted octanol–water partition coefficient (Wildman–Crippen LogP) is 3.45. The third-order valence-electron chi connectivity index (χ3n) is 3.38. The van der Waals surface area contributed by atoms with Crippen molar-refractivity contribution in [2.45, 2.75) is 26.4 Å². The molecule has 6 nitrogen and oxygen atoms in total. The minimum Gasteiger partial charge on any atom is -0.489 e. The van der Waals surface area contributed by atoms with E-state index in [1.807, 2.05) is 13.8 Å². The van der Waals surface area contributed by atoms with Gasteiger partial charge < -0.3 is 20.5 Å². The van der Waals surface area contributed by atoms with E-state index in [1.54, 1.807) is 42.5 Å². The van der Waals surface area contributed by atoms with Crippen LogP contribution >= 0.6 is 12.4 Å². The van der Waals surface area contributed by atoms with Crippen LogP contribution in [0.4, 0.5) is 11.4 Å². The van der Waals surface area contributed by atoms with Crippen LogP contribution in [-0.2, 0) is 16.0 Å². The monoisotopic (exact) mass is 378 g/mol. The number of methoxy groups -OCH3 is 1. The lowest BCUT2D eigenvalue weighted by Crippen LogP contribution is -2.17. The van der Waals surface area contributed by atoms with Crippen LogP contribution in [0.2, 0.25) is 0 Å². The van der Waals surface area contributed by atoms with E-state index in [4.69, 9.17) is 15.2 Å². The topological polar surface area (TPSA) is 90.6 Å². The van der Waals surface area contributed by atoms with E-state index in [-0.39, 0.29) is 30.8 Å². The van der Waals surface area contributed by atoms with Crippen LogP contribution in [0.3, 0.4) is 0 Å². The maximum Gasteiger partial charge on any atom is 0.337 e. The number of carbonyl (C=O) groups is 2. The Morgan fingerprint density at radius 1 is 1.12 bits per heavy atom. The zero-order valence-electron chi connectivity index (χ0n) is 14.9. The second kappa shape index (κ2) is 9.68. The molecule has 0 saturated carbocycles. The number of amides is 1. The van der Waals surface area contributed by atoms with Gasteiger partial charge in [0, 0.05) is 5.69 Å². The number of ether oxygens (including phenoxy) is 2. The van der Waals surface area contributed by atoms with Crippen LogP contribution in [0.1, 0.15) is 29.8 Å². The van der Waals surface area contributed by atoms with Gasteiger partial charge in [-0.05, 0) is 49.7 Å². The van der Waals surface area contributed by atoms with Gasteiger partial charge in [0.25, 0.3) is 0 Å². The molecule has 3 N–H and O–H groups in total. The Morgan fingerprint density at radius 2 is 1.77 bits per heavy atom. The average Bonchev–Trinajstić information content (AvgIpc) is 2.57. The van der Waals surface area contributed by atoms with Gasteiger partial charge in [-0.3, -0.25) is 4.79 Å². The van der Waals surface area contributed by atoms with Crippen molar-refractivity contribution in [1.29, 1.82) is 0 Å². The molecule has 26 heavy (non-hydrogen) atoms. The van der Waals surface area contributed by atoms with E-state index in [0.29, 0.717) is 22.7 Å². The Morgan fingerprint density at radius 3 is 2.35 bits per heavy atom. The van der Waals surface area contributed by atoms with E-state index in [1.165, 1.54) is 7.11 Å². The SMILES string of the molecule is COC(=O)c1ccc(OC(C)C)c(NC(=O)Cc2ccc(N)cc2)c1.Cl. The van der Waals surface area contributed by atoms with Crippen molar-refractivity contribution in [3.8, 4) is 5.75 Å². The maximum absolute atomic E-state index is 12.3. The maximum atomic E-state index is 12.3. The third-order valence-corrected chi connectivity index (χ3v) is 3.38. The summed E-state index contributed by atoms with van der Waals surface area (Å²) in [6.45, 7) is 3.77. The van der Waals surface area contributed by atoms with Crippen LogP contribution in [-0.4, -0.2) is 25.1 Å². The Kier molecular flexibility index (Phi) is 7.93. The quantitative estimate of drug-likeness (QED) is 0.593. The molecule has 2 aromatic carbocycles. The Hall–Kier alpha value is -2.73. The van der Waals surface area contributed by atoms with Gasteiger partial charge in [-0.2, -0.15) is 0 Å². The first-order valence-corrected chi connectivity index (χ1v) is 7.92. The molecule has 0 unspecified atom stereocenters. The molecular formula is C19H23ClN2O4. The number of hydrogen-bond donors (Lipinski definition) is 2. The number of halogens is 1. The van der Waals surface area contributed by atoms with Crippen molar-refractivity contribution in [3.63, 3.8) is 0 Å². The van der Waals surface area contributed by atoms with Gasteiger partial charge in [-0.25, -0.2) is 4.79 Å². The second-order valence-electron chi connectivity index (χ2n) is 5.84. The summed E-state index contributed by atoms with van der Waals surface area (Å²) in [4.78, 5) is 24.1. The highest BCUT2D eigenvalue weighted by molar-refractivity contribution is 5.96. The number of nitrogens with one attached hydrogen (secondary N) is 1. The van der Waals surface area contributed by atoms with Gasteiger partial charge in [0.05, 0.1) is 30.9 Å². The van der Waals surface area contributed by atoms with Crippen LogP contribution in [0.5, 0.6) is 5.75 Å². The third kappa shape index (κ3) is 5.97. The number of carbonyl (C=O) groups excluding carboxylic acids is 2. The smallest absolute Gasteiger partial charge is 0.337 e. The standard InChI is InChI=1S/C19H22N2O4.ClH/c1-12(2)25-17-9-6-14(19(23)24-3)11-16(17)21-18(22)10-13-4-7-15(20)8-5-13;/h4-9,11-12H,10,20H2,1-3H3,(H,21,22);1H. The number of esters is 1. The summed E-state index contributed by atoms with van der Waals surface area (Å²) < 4.78 is 10.4. The number of benzene rings is 2. The van der Waals surface area contributed by atoms with E-state index in [0.717, 1.165) is 5.56 Å². The summed E-state index contributed by atoms with van der Waals surface area (Å²) >= 11 is 0. The lowest BCUT2D eigenvalue weighted by atomic mass is 10.1. The highest BCUT2D eigenvalue weighted by atomic mass is 35.5. The number of hydrogen-bond acceptors (Lipinski definition) is 5. The zero-order valence-corrected chi connectivity index (χ0v) is 15.8. The number of nitrogen functional groups attached to an aromatic ring is 1. The van der Waals surface area contributed by atoms with Gasteiger partial charge >= 0.3 is 5.97 Å². The van der Waals surface area contributed by atoms with E-state index in [9.17, 15) is 9.59 Å². The van der Waals surface area contributed by atoms with Gasteiger partial charge in [-0.15, -0.1) is 12.4 Å². The average molecular weight is 379 g/mol. The van der Waals surface area contributed by atoms with Crippen LogP contribution in [0.15, 0.2) is 42.5 Å². The molecule has 0 heterocycles. The van der Waals surface area contributed by atoms with Crippen molar-refractivity contribution in [2.24, 2.45) is 0 Å². The van der Waals surface area contributed by atoms with Crippen molar-refractivity contribution in [1.82, 2.24) is 0 Å². The molecule has 0 spiro atoms. The molecule has 0 aliphatic heterocycles. The molecule has 0 radical (unpaired) electrons. The van der Waals surface area contributed by atoms with Crippen molar-refractivity contribution in [3.05, 3.63) is 53.6 Å². The fourth-order valence-corrected chi connectivity index (χ4v) is 2.24. The fraction of sp³-hybridized carbons (Fsp3) is 0.263. The largest absolute Gasteiger partial charge is 0.489 e. The van der Waals surface area contributed by atoms with Crippen LogP contribution in [0.25, 0.3) is 0 Å². The van der Waals surface area contributed by atoms with E-state index < -0.39 is 5.97 Å². The number of nitrogens with two attached hydrogens (primary N) is 1. The number of anilines is 2. The molecule has 0 aromatic heterocycles. The van der Waals surface area contributed by atoms with Crippen molar-refractivity contribution in [2.75, 3.05) is 18.2 Å². The first kappa shape index (κ1) is 21.3. The minimum atomic E-state index is -0.481. The zero-order chi connectivity index (χ0) is 18.4. The molecule has 0 atom stereocenters. The summed E-state index contributed by atoms with van der Waals surface area (Å²) in [7, 11) is 1.31. The molecule has 0 saturated heterocycles. The Bertz CT molecular complexity index is 761. The molecule has 7 heteroatoms. The molecule has 1 amide bonds. The predicted molar refractivity (Wildman–Crippen MR) is 104 cm³/mol. The lowest BCUT2D eigenvalue weighted by Gasteiger charge is -2.16. The lowest BCUT2D eigenvalue weighted by molar-refractivity contribution is -0.115. The summed E-state index contributed by atoms with van der Waals surface area (Å²) in [6.07, 6.45) is 0.112. The first-order chi connectivity index (χ1) is 11.9. The Labute approximate surface area is 159 Å². The molecular weight excluding hydrogens is 356 g/mol. The summed E-state index contributed by atoms with van der Waals surface area (Å²) in [5.41, 5.74) is 7.88. The molecule has 2 rings (SSSR count). The van der Waals surface area contributed by atoms with Crippen LogP contribution < -0.4 is 15.8 Å². The van der Waals surface area contributed by atoms with E-state index in [2.05, 4.69) is 5.32 Å². The molecule has 0 aliphatic carbocycles. The minimum absolute atomic E-state index is 0. The first-order valence-electron chi connectivity index (χ1n) is 7.92. The molecule has 0 bridgehead atoms. The molecule has 0 aliphatic rings. The number of rotatable bonds is 6. The summed E-state index contributed by atoms with van der Waals surface area (Å²) in [5, 5.41) is 2.80. The fourth-order valence-electron chi connectivity index (χ4n) is 2.24. The normalized spacial score (nSPS) is 10.0. The van der Waals surface area contributed by atoms with E-state index >= 15 is 0 Å². The van der Waals surface area contributed by atoms with Gasteiger partial charge in [-0.1, -0.05) is 12.1 Å². The Balaban J connectivity index is 0.00000338. The van der Waals surface area contributed by atoms with Crippen molar-refractivity contribution >= 4 is 35.7 Å². The summed E-state index contributed by atoms with van der Waals surface area (Å²) in [5.74, 6) is -0.209.